The van der Waals surface area contributed by atoms with Gasteiger partial charge in [-0.25, -0.2) is 4.98 Å². The second-order valence-electron chi connectivity index (χ2n) is 7.51. The molecule has 0 spiro atoms. The summed E-state index contributed by atoms with van der Waals surface area (Å²) < 4.78 is 0. The molecular formula is C19H24N2OS. The van der Waals surface area contributed by atoms with Crippen molar-refractivity contribution in [2.75, 3.05) is 5.32 Å². The summed E-state index contributed by atoms with van der Waals surface area (Å²) in [6.07, 6.45) is 3.29. The van der Waals surface area contributed by atoms with Gasteiger partial charge in [-0.05, 0) is 49.7 Å². The number of nitrogens with one attached hydrogen (secondary N) is 1. The maximum Gasteiger partial charge on any atom is 0.257 e. The molecule has 1 unspecified atom stereocenters. The van der Waals surface area contributed by atoms with Gasteiger partial charge in [0, 0.05) is 10.4 Å². The third-order valence-electron chi connectivity index (χ3n) is 4.70. The number of anilines is 1. The summed E-state index contributed by atoms with van der Waals surface area (Å²) in [5, 5.41) is 3.69. The van der Waals surface area contributed by atoms with Gasteiger partial charge in [0.2, 0.25) is 0 Å². The van der Waals surface area contributed by atoms with Crippen LogP contribution in [0.4, 0.5) is 5.13 Å². The molecule has 3 nitrogen and oxygen atoms in total. The van der Waals surface area contributed by atoms with Crippen LogP contribution in [0.1, 0.15) is 53.7 Å². The number of benzene rings is 1. The lowest BCUT2D eigenvalue weighted by Gasteiger charge is -2.33. The molecule has 1 amide bonds. The summed E-state index contributed by atoms with van der Waals surface area (Å²) in [6, 6.07) is 7.62. The van der Waals surface area contributed by atoms with Crippen molar-refractivity contribution in [3.63, 3.8) is 0 Å². The fourth-order valence-electron chi connectivity index (χ4n) is 3.04. The maximum absolute atomic E-state index is 12.3. The highest BCUT2D eigenvalue weighted by Crippen LogP contribution is 2.40. The molecule has 0 bridgehead atoms. The normalized spacial score (nSPS) is 17.7. The molecule has 1 N–H and O–H groups in total. The van der Waals surface area contributed by atoms with Crippen molar-refractivity contribution in [2.24, 2.45) is 11.3 Å². The summed E-state index contributed by atoms with van der Waals surface area (Å²) in [5.74, 6) is 0.611. The third kappa shape index (κ3) is 3.63. The third-order valence-corrected chi connectivity index (χ3v) is 5.73. The number of rotatable bonds is 2. The standard InChI is InChI=1S/C19H24N2OS/c1-12-5-7-13(8-6-12)17(22)21-18-20-15-10-9-14(19(2,3)4)11-16(15)23-18/h5-8,14H,9-11H2,1-4H3,(H,20,21,22). The van der Waals surface area contributed by atoms with Crippen LogP contribution in [0, 0.1) is 18.3 Å². The average molecular weight is 328 g/mol. The molecule has 1 aliphatic carbocycles. The first-order valence-corrected chi connectivity index (χ1v) is 9.01. The predicted octanol–water partition coefficient (Wildman–Crippen LogP) is 4.85. The molecule has 4 heteroatoms. The summed E-state index contributed by atoms with van der Waals surface area (Å²) in [6.45, 7) is 8.94. The van der Waals surface area contributed by atoms with E-state index in [-0.39, 0.29) is 5.91 Å². The van der Waals surface area contributed by atoms with E-state index in [1.165, 1.54) is 17.0 Å². The lowest BCUT2D eigenvalue weighted by Crippen LogP contribution is -2.26. The number of thiazole rings is 1. The highest BCUT2D eigenvalue weighted by Gasteiger charge is 2.30. The van der Waals surface area contributed by atoms with E-state index in [9.17, 15) is 4.79 Å². The molecule has 0 saturated heterocycles. The molecule has 0 saturated carbocycles. The summed E-state index contributed by atoms with van der Waals surface area (Å²) in [5.41, 5.74) is 3.33. The zero-order valence-corrected chi connectivity index (χ0v) is 15.1. The Morgan fingerprint density at radius 1 is 1.26 bits per heavy atom. The minimum absolute atomic E-state index is 0.0801. The van der Waals surface area contributed by atoms with E-state index in [1.807, 2.05) is 31.2 Å². The molecule has 2 aromatic rings. The van der Waals surface area contributed by atoms with Crippen molar-refractivity contribution >= 4 is 22.4 Å². The lowest BCUT2D eigenvalue weighted by atomic mass is 9.73. The Morgan fingerprint density at radius 3 is 2.61 bits per heavy atom. The number of hydrogen-bond acceptors (Lipinski definition) is 3. The maximum atomic E-state index is 12.3. The minimum Gasteiger partial charge on any atom is -0.298 e. The Morgan fingerprint density at radius 2 is 1.96 bits per heavy atom. The zero-order valence-electron chi connectivity index (χ0n) is 14.3. The fourth-order valence-corrected chi connectivity index (χ4v) is 4.12. The Labute approximate surface area is 142 Å². The number of fused-ring (bicyclic) bond motifs is 1. The van der Waals surface area contributed by atoms with Gasteiger partial charge in [0.15, 0.2) is 5.13 Å². The van der Waals surface area contributed by atoms with Crippen LogP contribution in [-0.4, -0.2) is 10.9 Å². The van der Waals surface area contributed by atoms with Gasteiger partial charge in [0.05, 0.1) is 5.69 Å². The molecule has 23 heavy (non-hydrogen) atoms. The Hall–Kier alpha value is -1.68. The molecule has 1 atom stereocenters. The Bertz CT molecular complexity index is 710. The molecule has 1 aromatic heterocycles. The van der Waals surface area contributed by atoms with Crippen LogP contribution in [0.3, 0.4) is 0 Å². The Balaban J connectivity index is 1.72. The van der Waals surface area contributed by atoms with Crippen LogP contribution in [0.15, 0.2) is 24.3 Å². The molecule has 0 radical (unpaired) electrons. The quantitative estimate of drug-likeness (QED) is 0.856. The second kappa shape index (κ2) is 6.08. The molecular weight excluding hydrogens is 304 g/mol. The van der Waals surface area contributed by atoms with Crippen LogP contribution >= 0.6 is 11.3 Å². The van der Waals surface area contributed by atoms with E-state index < -0.39 is 0 Å². The van der Waals surface area contributed by atoms with Gasteiger partial charge in [-0.15, -0.1) is 11.3 Å². The molecule has 0 fully saturated rings. The van der Waals surface area contributed by atoms with Crippen LogP contribution < -0.4 is 5.32 Å². The van der Waals surface area contributed by atoms with Crippen molar-refractivity contribution < 1.29 is 4.79 Å². The second-order valence-corrected chi connectivity index (χ2v) is 8.60. The zero-order chi connectivity index (χ0) is 16.6. The van der Waals surface area contributed by atoms with Gasteiger partial charge in [-0.3, -0.25) is 10.1 Å². The summed E-state index contributed by atoms with van der Waals surface area (Å²) >= 11 is 1.64. The minimum atomic E-state index is -0.0801. The largest absolute Gasteiger partial charge is 0.298 e. The van der Waals surface area contributed by atoms with Crippen LogP contribution in [-0.2, 0) is 12.8 Å². The highest BCUT2D eigenvalue weighted by atomic mass is 32.1. The van der Waals surface area contributed by atoms with E-state index in [0.717, 1.165) is 23.5 Å². The number of carbonyl (C=O) groups excluding carboxylic acids is 1. The molecule has 1 aromatic carbocycles. The van der Waals surface area contributed by atoms with Crippen LogP contribution in [0.2, 0.25) is 0 Å². The highest BCUT2D eigenvalue weighted by molar-refractivity contribution is 7.15. The first-order valence-electron chi connectivity index (χ1n) is 8.19. The van der Waals surface area contributed by atoms with Crippen molar-refractivity contribution in [2.45, 2.75) is 47.0 Å². The Kier molecular flexibility index (Phi) is 4.28. The van der Waals surface area contributed by atoms with Crippen molar-refractivity contribution in [3.05, 3.63) is 46.0 Å². The first-order chi connectivity index (χ1) is 10.8. The van der Waals surface area contributed by atoms with Gasteiger partial charge in [-0.2, -0.15) is 0 Å². The molecule has 0 aliphatic heterocycles. The van der Waals surface area contributed by atoms with Gasteiger partial charge < -0.3 is 0 Å². The summed E-state index contributed by atoms with van der Waals surface area (Å²) in [4.78, 5) is 18.3. The summed E-state index contributed by atoms with van der Waals surface area (Å²) in [7, 11) is 0. The fraction of sp³-hybridized carbons (Fsp3) is 0.474. The molecule has 122 valence electrons. The van der Waals surface area contributed by atoms with Gasteiger partial charge in [0.1, 0.15) is 0 Å². The van der Waals surface area contributed by atoms with Gasteiger partial charge >= 0.3 is 0 Å². The number of nitrogens with zero attached hydrogens (tertiary/aromatic N) is 1. The van der Waals surface area contributed by atoms with E-state index in [1.54, 1.807) is 11.3 Å². The number of carbonyl (C=O) groups is 1. The van der Waals surface area contributed by atoms with Crippen LogP contribution in [0.25, 0.3) is 0 Å². The van der Waals surface area contributed by atoms with Gasteiger partial charge in [-0.1, -0.05) is 38.5 Å². The predicted molar refractivity (Wildman–Crippen MR) is 96.2 cm³/mol. The van der Waals surface area contributed by atoms with E-state index in [4.69, 9.17) is 0 Å². The molecule has 3 rings (SSSR count). The monoisotopic (exact) mass is 328 g/mol. The van der Waals surface area contributed by atoms with Crippen molar-refractivity contribution in [1.82, 2.24) is 4.98 Å². The van der Waals surface area contributed by atoms with E-state index in [0.29, 0.717) is 16.9 Å². The average Bonchev–Trinajstić information content (AvgIpc) is 2.88. The SMILES string of the molecule is Cc1ccc(C(=O)Nc2nc3c(s2)CC(C(C)(C)C)CC3)cc1. The molecule has 1 heterocycles. The first kappa shape index (κ1) is 16.2. The van der Waals surface area contributed by atoms with Crippen molar-refractivity contribution in [1.29, 1.82) is 0 Å². The number of aromatic nitrogens is 1. The van der Waals surface area contributed by atoms with Crippen molar-refractivity contribution in [3.8, 4) is 0 Å². The topological polar surface area (TPSA) is 42.0 Å². The number of aryl methyl sites for hydroxylation is 2. The van der Waals surface area contributed by atoms with E-state index >= 15 is 0 Å². The number of hydrogen-bond donors (Lipinski definition) is 1. The van der Waals surface area contributed by atoms with Crippen LogP contribution in [0.5, 0.6) is 0 Å². The smallest absolute Gasteiger partial charge is 0.257 e. The number of amides is 1. The molecule has 1 aliphatic rings. The van der Waals surface area contributed by atoms with Gasteiger partial charge in [0.25, 0.3) is 5.91 Å². The van der Waals surface area contributed by atoms with E-state index in [2.05, 4.69) is 31.1 Å². The lowest BCUT2D eigenvalue weighted by molar-refractivity contribution is 0.102.